The molecule has 0 aliphatic carbocycles. The molecule has 2 N–H and O–H groups in total. The van der Waals surface area contributed by atoms with Crippen LogP contribution < -0.4 is 10.0 Å². The van der Waals surface area contributed by atoms with E-state index in [-0.39, 0.29) is 27.6 Å². The van der Waals surface area contributed by atoms with Crippen LogP contribution in [-0.4, -0.2) is 19.9 Å². The lowest BCUT2D eigenvalue weighted by Gasteiger charge is -2.21. The summed E-state index contributed by atoms with van der Waals surface area (Å²) < 4.78 is 40.9. The van der Waals surface area contributed by atoms with Crippen molar-refractivity contribution in [3.63, 3.8) is 0 Å². The number of sulfonamides is 1. The Hall–Kier alpha value is -2.41. The first kappa shape index (κ1) is 18.9. The maximum Gasteiger partial charge on any atom is 0.262 e. The van der Waals surface area contributed by atoms with E-state index >= 15 is 0 Å². The van der Waals surface area contributed by atoms with Crippen LogP contribution in [0.4, 0.5) is 10.1 Å². The lowest BCUT2D eigenvalue weighted by molar-refractivity contribution is 0.0920. The maximum atomic E-state index is 13.2. The predicted octanol–water partition coefficient (Wildman–Crippen LogP) is 3.46. The highest BCUT2D eigenvalue weighted by Crippen LogP contribution is 2.23. The standard InChI is InChI=1S/C18H21FN2O3S/c1-12-11-13(19)9-10-16(12)25(23,24)21-15-8-6-5-7-14(15)17(22)20-18(2,3)4/h5-11,21H,1-4H3,(H,20,22). The Morgan fingerprint density at radius 1 is 1.08 bits per heavy atom. The maximum absolute atomic E-state index is 13.2. The molecule has 0 bridgehead atoms. The zero-order valence-corrected chi connectivity index (χ0v) is 15.4. The van der Waals surface area contributed by atoms with Gasteiger partial charge in [0.05, 0.1) is 16.1 Å². The van der Waals surface area contributed by atoms with Crippen molar-refractivity contribution in [2.24, 2.45) is 0 Å². The summed E-state index contributed by atoms with van der Waals surface area (Å²) in [5, 5.41) is 2.80. The third-order valence-electron chi connectivity index (χ3n) is 3.33. The van der Waals surface area contributed by atoms with Crippen LogP contribution in [0.15, 0.2) is 47.4 Å². The monoisotopic (exact) mass is 364 g/mol. The second-order valence-corrected chi connectivity index (χ2v) is 8.42. The average molecular weight is 364 g/mol. The highest BCUT2D eigenvalue weighted by atomic mass is 32.2. The fourth-order valence-electron chi connectivity index (χ4n) is 2.29. The van der Waals surface area contributed by atoms with Crippen LogP contribution in [0.2, 0.25) is 0 Å². The molecule has 0 fully saturated rings. The van der Waals surface area contributed by atoms with E-state index in [1.807, 2.05) is 20.8 Å². The van der Waals surface area contributed by atoms with Crippen LogP contribution in [0, 0.1) is 12.7 Å². The number of rotatable bonds is 4. The molecule has 0 spiro atoms. The molecule has 0 atom stereocenters. The molecule has 2 aromatic rings. The van der Waals surface area contributed by atoms with Gasteiger partial charge in [0.1, 0.15) is 5.82 Å². The first-order valence-corrected chi connectivity index (χ1v) is 9.18. The molecule has 0 unspecified atom stereocenters. The minimum atomic E-state index is -3.96. The fraction of sp³-hybridized carbons (Fsp3) is 0.278. The SMILES string of the molecule is Cc1cc(F)ccc1S(=O)(=O)Nc1ccccc1C(=O)NC(C)(C)C. The fourth-order valence-corrected chi connectivity index (χ4v) is 3.60. The third-order valence-corrected chi connectivity index (χ3v) is 4.86. The molecular formula is C18H21FN2O3S. The van der Waals surface area contributed by atoms with Gasteiger partial charge >= 0.3 is 0 Å². The molecule has 2 rings (SSSR count). The number of carbonyl (C=O) groups excluding carboxylic acids is 1. The van der Waals surface area contributed by atoms with E-state index in [0.717, 1.165) is 12.1 Å². The Balaban J connectivity index is 2.39. The number of hydrogen-bond acceptors (Lipinski definition) is 3. The summed E-state index contributed by atoms with van der Waals surface area (Å²) in [5.41, 5.74) is 0.189. The van der Waals surface area contributed by atoms with Gasteiger partial charge in [-0.3, -0.25) is 9.52 Å². The molecule has 1 amide bonds. The molecule has 0 heterocycles. The van der Waals surface area contributed by atoms with Crippen LogP contribution in [0.1, 0.15) is 36.7 Å². The highest BCUT2D eigenvalue weighted by molar-refractivity contribution is 7.92. The van der Waals surface area contributed by atoms with E-state index in [0.29, 0.717) is 0 Å². The van der Waals surface area contributed by atoms with E-state index in [4.69, 9.17) is 0 Å². The number of anilines is 1. The number of aryl methyl sites for hydroxylation is 1. The molecule has 0 aliphatic heterocycles. The van der Waals surface area contributed by atoms with Crippen molar-refractivity contribution in [2.45, 2.75) is 38.1 Å². The van der Waals surface area contributed by atoms with Crippen molar-refractivity contribution < 1.29 is 17.6 Å². The molecule has 7 heteroatoms. The van der Waals surface area contributed by atoms with E-state index in [1.54, 1.807) is 12.1 Å². The summed E-state index contributed by atoms with van der Waals surface area (Å²) in [6, 6.07) is 9.75. The van der Waals surface area contributed by atoms with Gasteiger partial charge in [0.15, 0.2) is 0 Å². The van der Waals surface area contributed by atoms with Crippen LogP contribution in [0.25, 0.3) is 0 Å². The lowest BCUT2D eigenvalue weighted by atomic mass is 10.1. The van der Waals surface area contributed by atoms with Crippen molar-refractivity contribution in [1.82, 2.24) is 5.32 Å². The third kappa shape index (κ3) is 4.79. The van der Waals surface area contributed by atoms with Crippen molar-refractivity contribution in [1.29, 1.82) is 0 Å². The Kier molecular flexibility index (Phi) is 5.17. The number of nitrogens with one attached hydrogen (secondary N) is 2. The van der Waals surface area contributed by atoms with E-state index < -0.39 is 21.4 Å². The minimum Gasteiger partial charge on any atom is -0.347 e. The molecule has 0 saturated carbocycles. The Morgan fingerprint density at radius 3 is 2.32 bits per heavy atom. The molecule has 5 nitrogen and oxygen atoms in total. The van der Waals surface area contributed by atoms with Crippen molar-refractivity contribution in [3.8, 4) is 0 Å². The zero-order chi connectivity index (χ0) is 18.8. The summed E-state index contributed by atoms with van der Waals surface area (Å²) >= 11 is 0. The number of carbonyl (C=O) groups is 1. The average Bonchev–Trinajstić information content (AvgIpc) is 2.45. The molecule has 0 saturated heterocycles. The lowest BCUT2D eigenvalue weighted by Crippen LogP contribution is -2.40. The van der Waals surface area contributed by atoms with Gasteiger partial charge in [0.2, 0.25) is 0 Å². The largest absolute Gasteiger partial charge is 0.347 e. The summed E-state index contributed by atoms with van der Waals surface area (Å²) in [5.74, 6) is -0.900. The van der Waals surface area contributed by atoms with Gasteiger partial charge in [-0.05, 0) is 63.6 Å². The summed E-state index contributed by atoms with van der Waals surface area (Å²) in [6.45, 7) is 7.01. The van der Waals surface area contributed by atoms with Crippen LogP contribution in [0.5, 0.6) is 0 Å². The first-order valence-electron chi connectivity index (χ1n) is 7.70. The number of halogens is 1. The van der Waals surface area contributed by atoms with Gasteiger partial charge in [0, 0.05) is 5.54 Å². The van der Waals surface area contributed by atoms with E-state index in [9.17, 15) is 17.6 Å². The van der Waals surface area contributed by atoms with Crippen LogP contribution >= 0.6 is 0 Å². The van der Waals surface area contributed by atoms with Gasteiger partial charge in [-0.2, -0.15) is 0 Å². The highest BCUT2D eigenvalue weighted by Gasteiger charge is 2.22. The van der Waals surface area contributed by atoms with Gasteiger partial charge in [0.25, 0.3) is 15.9 Å². The Bertz CT molecular complexity index is 903. The van der Waals surface area contributed by atoms with Crippen molar-refractivity contribution >= 4 is 21.6 Å². The van der Waals surface area contributed by atoms with E-state index in [1.165, 1.54) is 25.1 Å². The normalized spacial score (nSPS) is 11.9. The van der Waals surface area contributed by atoms with Gasteiger partial charge < -0.3 is 5.32 Å². The first-order chi connectivity index (χ1) is 11.5. The molecule has 0 aromatic heterocycles. The minimum absolute atomic E-state index is 0.0417. The second kappa shape index (κ2) is 6.84. The van der Waals surface area contributed by atoms with Crippen LogP contribution in [-0.2, 0) is 10.0 Å². The number of hydrogen-bond donors (Lipinski definition) is 2. The predicted molar refractivity (Wildman–Crippen MR) is 95.6 cm³/mol. The molecule has 0 aliphatic rings. The van der Waals surface area contributed by atoms with Crippen LogP contribution in [0.3, 0.4) is 0 Å². The number of amides is 1. The smallest absolute Gasteiger partial charge is 0.262 e. The quantitative estimate of drug-likeness (QED) is 0.872. The van der Waals surface area contributed by atoms with Gasteiger partial charge in [-0.15, -0.1) is 0 Å². The summed E-state index contributed by atoms with van der Waals surface area (Å²) in [6.07, 6.45) is 0. The molecule has 134 valence electrons. The summed E-state index contributed by atoms with van der Waals surface area (Å²) in [4.78, 5) is 12.4. The van der Waals surface area contributed by atoms with Gasteiger partial charge in [-0.1, -0.05) is 12.1 Å². The van der Waals surface area contributed by atoms with Gasteiger partial charge in [-0.25, -0.2) is 12.8 Å². The van der Waals surface area contributed by atoms with Crippen molar-refractivity contribution in [3.05, 3.63) is 59.4 Å². The van der Waals surface area contributed by atoms with E-state index in [2.05, 4.69) is 10.0 Å². The number of para-hydroxylation sites is 1. The molecule has 25 heavy (non-hydrogen) atoms. The molecular weight excluding hydrogens is 343 g/mol. The summed E-state index contributed by atoms with van der Waals surface area (Å²) in [7, 11) is -3.96. The molecule has 2 aromatic carbocycles. The number of benzene rings is 2. The topological polar surface area (TPSA) is 75.3 Å². The zero-order valence-electron chi connectivity index (χ0n) is 14.6. The Morgan fingerprint density at radius 2 is 1.72 bits per heavy atom. The second-order valence-electron chi connectivity index (χ2n) is 6.77. The van der Waals surface area contributed by atoms with Crippen molar-refractivity contribution in [2.75, 3.05) is 4.72 Å². The molecule has 0 radical (unpaired) electrons. The Labute approximate surface area is 147 Å².